The van der Waals surface area contributed by atoms with E-state index in [9.17, 15) is 13.6 Å². The molecule has 1 aromatic rings. The number of piperidine rings is 1. The second-order valence-corrected chi connectivity index (χ2v) is 4.84. The SMILES string of the molecule is CN(C(=O)C(F)(F)c1ccccc1)C1CCNCC1. The van der Waals surface area contributed by atoms with E-state index >= 15 is 0 Å². The number of hydrogen-bond donors (Lipinski definition) is 1. The van der Waals surface area contributed by atoms with Crippen molar-refractivity contribution in [2.75, 3.05) is 20.1 Å². The molecule has 3 nitrogen and oxygen atoms in total. The number of rotatable bonds is 3. The van der Waals surface area contributed by atoms with Crippen LogP contribution in [0.25, 0.3) is 0 Å². The van der Waals surface area contributed by atoms with Crippen molar-refractivity contribution in [1.29, 1.82) is 0 Å². The van der Waals surface area contributed by atoms with Gasteiger partial charge in [0.1, 0.15) is 0 Å². The molecule has 1 aliphatic heterocycles. The molecule has 0 saturated carbocycles. The lowest BCUT2D eigenvalue weighted by Crippen LogP contribution is -2.48. The molecular weight excluding hydrogens is 250 g/mol. The highest BCUT2D eigenvalue weighted by Crippen LogP contribution is 2.31. The molecule has 2 rings (SSSR count). The number of hydrogen-bond acceptors (Lipinski definition) is 2. The Bertz CT molecular complexity index is 430. The standard InChI is InChI=1S/C14H18F2N2O/c1-18(12-7-9-17-10-8-12)13(19)14(15,16)11-5-3-2-4-6-11/h2-6,12,17H,7-10H2,1H3. The molecule has 0 spiro atoms. The van der Waals surface area contributed by atoms with E-state index in [0.717, 1.165) is 13.1 Å². The van der Waals surface area contributed by atoms with Gasteiger partial charge >= 0.3 is 5.92 Å². The van der Waals surface area contributed by atoms with E-state index in [1.54, 1.807) is 6.07 Å². The van der Waals surface area contributed by atoms with E-state index in [4.69, 9.17) is 0 Å². The van der Waals surface area contributed by atoms with Gasteiger partial charge in [-0.05, 0) is 25.9 Å². The quantitative estimate of drug-likeness (QED) is 0.909. The van der Waals surface area contributed by atoms with E-state index in [2.05, 4.69) is 5.32 Å². The molecule has 0 atom stereocenters. The topological polar surface area (TPSA) is 32.3 Å². The first-order chi connectivity index (χ1) is 9.03. The summed E-state index contributed by atoms with van der Waals surface area (Å²) in [6, 6.07) is 7.15. The van der Waals surface area contributed by atoms with Crippen molar-refractivity contribution in [2.45, 2.75) is 24.8 Å². The number of likely N-dealkylation sites (N-methyl/N-ethyl adjacent to an activating group) is 1. The number of nitrogens with one attached hydrogen (secondary N) is 1. The predicted octanol–water partition coefficient (Wildman–Crippen LogP) is 1.99. The van der Waals surface area contributed by atoms with Crippen LogP contribution in [0.3, 0.4) is 0 Å². The summed E-state index contributed by atoms with van der Waals surface area (Å²) in [6.07, 6.45) is 1.43. The van der Waals surface area contributed by atoms with E-state index < -0.39 is 11.8 Å². The minimum absolute atomic E-state index is 0.108. The molecule has 0 unspecified atom stereocenters. The highest BCUT2D eigenvalue weighted by molar-refractivity contribution is 5.84. The van der Waals surface area contributed by atoms with E-state index in [1.165, 1.54) is 36.2 Å². The van der Waals surface area contributed by atoms with Crippen LogP contribution in [0.2, 0.25) is 0 Å². The van der Waals surface area contributed by atoms with Crippen LogP contribution in [-0.2, 0) is 10.7 Å². The number of carbonyl (C=O) groups is 1. The number of nitrogens with zero attached hydrogens (tertiary/aromatic N) is 1. The van der Waals surface area contributed by atoms with Crippen LogP contribution in [-0.4, -0.2) is 37.0 Å². The third-order valence-corrected chi connectivity index (χ3v) is 3.58. The molecule has 1 fully saturated rings. The zero-order valence-corrected chi connectivity index (χ0v) is 10.9. The Labute approximate surface area is 111 Å². The van der Waals surface area contributed by atoms with Crippen LogP contribution in [0, 0.1) is 0 Å². The van der Waals surface area contributed by atoms with Gasteiger partial charge in [-0.25, -0.2) is 0 Å². The van der Waals surface area contributed by atoms with Crippen LogP contribution in [0.1, 0.15) is 18.4 Å². The lowest BCUT2D eigenvalue weighted by molar-refractivity contribution is -0.160. The predicted molar refractivity (Wildman–Crippen MR) is 69.0 cm³/mol. The Hall–Kier alpha value is -1.49. The molecular formula is C14H18F2N2O. The summed E-state index contributed by atoms with van der Waals surface area (Å²) in [4.78, 5) is 13.2. The van der Waals surface area contributed by atoms with Crippen molar-refractivity contribution < 1.29 is 13.6 Å². The monoisotopic (exact) mass is 268 g/mol. The maximum atomic E-state index is 14.1. The highest BCUT2D eigenvalue weighted by Gasteiger charge is 2.44. The maximum absolute atomic E-state index is 14.1. The minimum Gasteiger partial charge on any atom is -0.337 e. The van der Waals surface area contributed by atoms with Crippen LogP contribution in [0.15, 0.2) is 30.3 Å². The zero-order valence-electron chi connectivity index (χ0n) is 10.9. The van der Waals surface area contributed by atoms with Crippen LogP contribution < -0.4 is 5.32 Å². The molecule has 104 valence electrons. The first kappa shape index (κ1) is 13.9. The fourth-order valence-corrected chi connectivity index (χ4v) is 2.35. The van der Waals surface area contributed by atoms with Gasteiger partial charge < -0.3 is 10.2 Å². The van der Waals surface area contributed by atoms with Gasteiger partial charge in [0.15, 0.2) is 0 Å². The van der Waals surface area contributed by atoms with Gasteiger partial charge in [0, 0.05) is 18.7 Å². The first-order valence-corrected chi connectivity index (χ1v) is 6.45. The van der Waals surface area contributed by atoms with Gasteiger partial charge in [-0.15, -0.1) is 0 Å². The summed E-state index contributed by atoms with van der Waals surface area (Å²) in [6.45, 7) is 1.53. The van der Waals surface area contributed by atoms with Crippen molar-refractivity contribution in [1.82, 2.24) is 10.2 Å². The zero-order chi connectivity index (χ0) is 13.9. The molecule has 1 amide bonds. The Balaban J connectivity index is 2.13. The molecule has 1 aromatic carbocycles. The molecule has 5 heteroatoms. The van der Waals surface area contributed by atoms with Crippen LogP contribution >= 0.6 is 0 Å². The van der Waals surface area contributed by atoms with Gasteiger partial charge in [0.2, 0.25) is 0 Å². The van der Waals surface area contributed by atoms with Gasteiger partial charge in [0.05, 0.1) is 0 Å². The average Bonchev–Trinajstić information content (AvgIpc) is 2.47. The van der Waals surface area contributed by atoms with Gasteiger partial charge in [-0.1, -0.05) is 30.3 Å². The van der Waals surface area contributed by atoms with Crippen molar-refractivity contribution >= 4 is 5.91 Å². The second-order valence-electron chi connectivity index (χ2n) is 4.84. The summed E-state index contributed by atoms with van der Waals surface area (Å²) in [5.41, 5.74) is -0.249. The minimum atomic E-state index is -3.46. The molecule has 0 radical (unpaired) electrons. The molecule has 19 heavy (non-hydrogen) atoms. The molecule has 0 aliphatic carbocycles. The summed E-state index contributed by atoms with van der Waals surface area (Å²) < 4.78 is 28.3. The molecule has 0 aromatic heterocycles. The number of amides is 1. The lowest BCUT2D eigenvalue weighted by Gasteiger charge is -2.33. The molecule has 1 N–H and O–H groups in total. The van der Waals surface area contributed by atoms with Crippen molar-refractivity contribution in [3.8, 4) is 0 Å². The number of alkyl halides is 2. The largest absolute Gasteiger partial charge is 0.349 e. The summed E-state index contributed by atoms with van der Waals surface area (Å²) >= 11 is 0. The number of carbonyl (C=O) groups excluding carboxylic acids is 1. The Kier molecular flexibility index (Phi) is 4.14. The Morgan fingerprint density at radius 1 is 1.26 bits per heavy atom. The molecule has 1 heterocycles. The summed E-state index contributed by atoms with van der Waals surface area (Å²) in [5, 5.41) is 3.15. The normalized spacial score (nSPS) is 17.2. The Morgan fingerprint density at radius 2 is 1.84 bits per heavy atom. The summed E-state index contributed by atoms with van der Waals surface area (Å²) in [7, 11) is 1.47. The van der Waals surface area contributed by atoms with Gasteiger partial charge in [-0.3, -0.25) is 4.79 Å². The fourth-order valence-electron chi connectivity index (χ4n) is 2.35. The lowest BCUT2D eigenvalue weighted by atomic mass is 10.0. The number of benzene rings is 1. The molecule has 1 saturated heterocycles. The van der Waals surface area contributed by atoms with Crippen molar-refractivity contribution in [3.05, 3.63) is 35.9 Å². The van der Waals surface area contributed by atoms with Gasteiger partial charge in [-0.2, -0.15) is 8.78 Å². The average molecular weight is 268 g/mol. The Morgan fingerprint density at radius 3 is 2.42 bits per heavy atom. The van der Waals surface area contributed by atoms with E-state index in [1.807, 2.05) is 0 Å². The van der Waals surface area contributed by atoms with E-state index in [0.29, 0.717) is 12.8 Å². The van der Waals surface area contributed by atoms with E-state index in [-0.39, 0.29) is 11.6 Å². The second kappa shape index (κ2) is 5.65. The molecule has 0 bridgehead atoms. The molecule has 1 aliphatic rings. The summed E-state index contributed by atoms with van der Waals surface area (Å²) in [5.74, 6) is -4.58. The van der Waals surface area contributed by atoms with Crippen molar-refractivity contribution in [2.24, 2.45) is 0 Å². The smallest absolute Gasteiger partial charge is 0.337 e. The third-order valence-electron chi connectivity index (χ3n) is 3.58. The third kappa shape index (κ3) is 2.92. The maximum Gasteiger partial charge on any atom is 0.349 e. The van der Waals surface area contributed by atoms with Gasteiger partial charge in [0.25, 0.3) is 5.91 Å². The fraction of sp³-hybridized carbons (Fsp3) is 0.500. The highest BCUT2D eigenvalue weighted by atomic mass is 19.3. The van der Waals surface area contributed by atoms with Crippen molar-refractivity contribution in [3.63, 3.8) is 0 Å². The first-order valence-electron chi connectivity index (χ1n) is 6.45. The number of halogens is 2. The van der Waals surface area contributed by atoms with Crippen LogP contribution in [0.5, 0.6) is 0 Å². The van der Waals surface area contributed by atoms with Crippen LogP contribution in [0.4, 0.5) is 8.78 Å².